The first-order chi connectivity index (χ1) is 9.87. The maximum atomic E-state index is 12.4. The van der Waals surface area contributed by atoms with Crippen LogP contribution in [0.25, 0.3) is 0 Å². The van der Waals surface area contributed by atoms with Crippen LogP contribution in [0.1, 0.15) is 6.42 Å². The fraction of sp³-hybridized carbons (Fsp3) is 0.385. The number of hydrogen-bond acceptors (Lipinski definition) is 4. The Morgan fingerprint density at radius 3 is 2.62 bits per heavy atom. The summed E-state index contributed by atoms with van der Waals surface area (Å²) in [6.45, 7) is -0.0917. The Kier molecular flexibility index (Phi) is 3.41. The van der Waals surface area contributed by atoms with Crippen LogP contribution in [-0.2, 0) is 14.6 Å². The van der Waals surface area contributed by atoms with Gasteiger partial charge in [0, 0.05) is 11.1 Å². The van der Waals surface area contributed by atoms with E-state index < -0.39 is 21.9 Å². The van der Waals surface area contributed by atoms with Gasteiger partial charge in [-0.3, -0.25) is 4.79 Å². The van der Waals surface area contributed by atoms with E-state index in [1.54, 1.807) is 18.2 Å². The van der Waals surface area contributed by atoms with Gasteiger partial charge in [0.25, 0.3) is 5.91 Å². The van der Waals surface area contributed by atoms with Gasteiger partial charge in [0.1, 0.15) is 6.54 Å². The number of halogens is 1. The van der Waals surface area contributed by atoms with Crippen LogP contribution in [0, 0.1) is 0 Å². The van der Waals surface area contributed by atoms with E-state index >= 15 is 0 Å². The summed E-state index contributed by atoms with van der Waals surface area (Å²) in [5, 5.41) is 0.426. The molecular formula is C13H13ClN2O4S. The highest BCUT2D eigenvalue weighted by atomic mass is 35.5. The van der Waals surface area contributed by atoms with E-state index in [0.29, 0.717) is 17.1 Å². The van der Waals surface area contributed by atoms with Crippen molar-refractivity contribution in [2.24, 2.45) is 0 Å². The molecule has 6 nitrogen and oxygen atoms in total. The third kappa shape index (κ3) is 2.63. The first kappa shape index (κ1) is 14.3. The first-order valence-corrected chi connectivity index (χ1v) is 8.67. The molecule has 0 aliphatic carbocycles. The summed E-state index contributed by atoms with van der Waals surface area (Å²) in [5.41, 5.74) is 0.404. The molecule has 112 valence electrons. The summed E-state index contributed by atoms with van der Waals surface area (Å²) < 4.78 is 23.1. The van der Waals surface area contributed by atoms with Crippen molar-refractivity contribution in [3.05, 3.63) is 29.3 Å². The number of urea groups is 1. The Bertz CT molecular complexity index is 719. The number of carbonyl (C=O) groups is 2. The van der Waals surface area contributed by atoms with Crippen molar-refractivity contribution in [2.45, 2.75) is 12.5 Å². The van der Waals surface area contributed by atoms with Gasteiger partial charge in [-0.15, -0.1) is 0 Å². The minimum absolute atomic E-state index is 0.0623. The van der Waals surface area contributed by atoms with E-state index in [4.69, 9.17) is 11.6 Å². The molecule has 3 amide bonds. The monoisotopic (exact) mass is 328 g/mol. The number of benzene rings is 1. The second-order valence-electron chi connectivity index (χ2n) is 5.18. The van der Waals surface area contributed by atoms with Crippen molar-refractivity contribution >= 4 is 39.1 Å². The minimum Gasteiger partial charge on any atom is -0.311 e. The molecule has 0 spiro atoms. The molecule has 0 N–H and O–H groups in total. The lowest BCUT2D eigenvalue weighted by Gasteiger charge is -2.22. The SMILES string of the molecule is O=C1CN(C2CCS(=O)(=O)C2)C(=O)N1c1cccc(Cl)c1. The van der Waals surface area contributed by atoms with Crippen molar-refractivity contribution in [3.63, 3.8) is 0 Å². The van der Waals surface area contributed by atoms with Gasteiger partial charge in [0.05, 0.1) is 17.2 Å². The molecule has 2 saturated heterocycles. The molecule has 1 aromatic rings. The van der Waals surface area contributed by atoms with Gasteiger partial charge in [0.15, 0.2) is 9.84 Å². The van der Waals surface area contributed by atoms with Crippen molar-refractivity contribution in [1.82, 2.24) is 4.90 Å². The highest BCUT2D eigenvalue weighted by molar-refractivity contribution is 7.91. The van der Waals surface area contributed by atoms with Gasteiger partial charge in [-0.2, -0.15) is 0 Å². The van der Waals surface area contributed by atoms with Crippen molar-refractivity contribution in [2.75, 3.05) is 23.0 Å². The van der Waals surface area contributed by atoms with E-state index in [2.05, 4.69) is 0 Å². The standard InChI is InChI=1S/C13H13ClN2O4S/c14-9-2-1-3-10(6-9)16-12(17)7-15(13(16)18)11-4-5-21(19,20)8-11/h1-3,6,11H,4-5,7-8H2. The number of anilines is 1. The smallest absolute Gasteiger partial charge is 0.311 e. The van der Waals surface area contributed by atoms with Crippen LogP contribution in [0.2, 0.25) is 5.02 Å². The molecule has 3 rings (SSSR count). The summed E-state index contributed by atoms with van der Waals surface area (Å²) >= 11 is 5.88. The zero-order valence-electron chi connectivity index (χ0n) is 11.0. The lowest BCUT2D eigenvalue weighted by molar-refractivity contribution is -0.116. The molecule has 1 aromatic carbocycles. The van der Waals surface area contributed by atoms with E-state index in [1.165, 1.54) is 11.0 Å². The number of imide groups is 1. The van der Waals surface area contributed by atoms with E-state index in [0.717, 1.165) is 4.90 Å². The number of rotatable bonds is 2. The van der Waals surface area contributed by atoms with Gasteiger partial charge in [-0.1, -0.05) is 17.7 Å². The van der Waals surface area contributed by atoms with Crippen LogP contribution >= 0.6 is 11.6 Å². The van der Waals surface area contributed by atoms with Crippen LogP contribution in [-0.4, -0.2) is 49.3 Å². The van der Waals surface area contributed by atoms with Gasteiger partial charge >= 0.3 is 6.03 Å². The molecule has 2 fully saturated rings. The Morgan fingerprint density at radius 2 is 2.00 bits per heavy atom. The zero-order chi connectivity index (χ0) is 15.2. The minimum atomic E-state index is -3.11. The number of hydrogen-bond donors (Lipinski definition) is 0. The molecule has 1 atom stereocenters. The van der Waals surface area contributed by atoms with Crippen molar-refractivity contribution < 1.29 is 18.0 Å². The summed E-state index contributed by atoms with van der Waals surface area (Å²) in [4.78, 5) is 26.9. The van der Waals surface area contributed by atoms with Crippen molar-refractivity contribution in [3.8, 4) is 0 Å². The molecule has 0 bridgehead atoms. The average molecular weight is 329 g/mol. The van der Waals surface area contributed by atoms with E-state index in [1.807, 2.05) is 0 Å². The molecule has 0 aromatic heterocycles. The van der Waals surface area contributed by atoms with Gasteiger partial charge in [0.2, 0.25) is 0 Å². The average Bonchev–Trinajstić information content (AvgIpc) is 2.89. The first-order valence-electron chi connectivity index (χ1n) is 6.47. The number of sulfone groups is 1. The maximum absolute atomic E-state index is 12.4. The van der Waals surface area contributed by atoms with E-state index in [9.17, 15) is 18.0 Å². The summed E-state index contributed by atoms with van der Waals surface area (Å²) in [6.07, 6.45) is 0.380. The molecule has 21 heavy (non-hydrogen) atoms. The molecule has 2 heterocycles. The Morgan fingerprint density at radius 1 is 1.24 bits per heavy atom. The van der Waals surface area contributed by atoms with Gasteiger partial charge < -0.3 is 4.90 Å². The molecule has 2 aliphatic rings. The molecule has 1 unspecified atom stereocenters. The highest BCUT2D eigenvalue weighted by Gasteiger charge is 2.44. The number of carbonyl (C=O) groups excluding carboxylic acids is 2. The topological polar surface area (TPSA) is 74.8 Å². The third-order valence-corrected chi connectivity index (χ3v) is 5.69. The lowest BCUT2D eigenvalue weighted by Crippen LogP contribution is -2.40. The van der Waals surface area contributed by atoms with Gasteiger partial charge in [-0.25, -0.2) is 18.1 Å². The Labute approximate surface area is 127 Å². The Balaban J connectivity index is 1.86. The predicted molar refractivity (Wildman–Crippen MR) is 78.1 cm³/mol. The molecule has 8 heteroatoms. The van der Waals surface area contributed by atoms with Crippen LogP contribution in [0.4, 0.5) is 10.5 Å². The second-order valence-corrected chi connectivity index (χ2v) is 7.84. The lowest BCUT2D eigenvalue weighted by atomic mass is 10.2. The van der Waals surface area contributed by atoms with Crippen LogP contribution in [0.3, 0.4) is 0 Å². The highest BCUT2D eigenvalue weighted by Crippen LogP contribution is 2.28. The maximum Gasteiger partial charge on any atom is 0.332 e. The van der Waals surface area contributed by atoms with E-state index in [-0.39, 0.29) is 24.0 Å². The third-order valence-electron chi connectivity index (χ3n) is 3.71. The van der Waals surface area contributed by atoms with Crippen LogP contribution in [0.5, 0.6) is 0 Å². The summed E-state index contributed by atoms with van der Waals surface area (Å²) in [5.74, 6) is -0.381. The van der Waals surface area contributed by atoms with Crippen molar-refractivity contribution in [1.29, 1.82) is 0 Å². The van der Waals surface area contributed by atoms with Gasteiger partial charge in [-0.05, 0) is 24.6 Å². The zero-order valence-corrected chi connectivity index (χ0v) is 12.6. The quantitative estimate of drug-likeness (QED) is 0.767. The molecular weight excluding hydrogens is 316 g/mol. The number of nitrogens with zero attached hydrogens (tertiary/aromatic N) is 2. The second kappa shape index (κ2) is 4.99. The fourth-order valence-electron chi connectivity index (χ4n) is 2.70. The molecule has 2 aliphatic heterocycles. The molecule has 0 saturated carbocycles. The fourth-order valence-corrected chi connectivity index (χ4v) is 4.61. The van der Waals surface area contributed by atoms with Crippen LogP contribution < -0.4 is 4.90 Å². The summed E-state index contributed by atoms with van der Waals surface area (Å²) in [7, 11) is -3.11. The van der Waals surface area contributed by atoms with Crippen LogP contribution in [0.15, 0.2) is 24.3 Å². The molecule has 0 radical (unpaired) electrons. The largest absolute Gasteiger partial charge is 0.332 e. The summed E-state index contributed by atoms with van der Waals surface area (Å²) in [6, 6.07) is 5.56. The Hall–Kier alpha value is -1.60. The number of amides is 3. The normalized spacial score (nSPS) is 24.9. The predicted octanol–water partition coefficient (Wildman–Crippen LogP) is 1.30.